The topological polar surface area (TPSA) is 32.9 Å². The van der Waals surface area contributed by atoms with Crippen LogP contribution in [0.2, 0.25) is 5.02 Å². The van der Waals surface area contributed by atoms with Crippen LogP contribution in [0.15, 0.2) is 48.7 Å². The number of aromatic nitrogens is 1. The molecule has 0 fully saturated rings. The van der Waals surface area contributed by atoms with Crippen LogP contribution in [-0.2, 0) is 6.42 Å². The number of carbonyl (C=O) groups excluding carboxylic acids is 1. The first-order valence-electron chi connectivity index (χ1n) is 6.62. The molecule has 1 aliphatic carbocycles. The first-order valence-corrected chi connectivity index (χ1v) is 7.00. The summed E-state index contributed by atoms with van der Waals surface area (Å²) in [5.74, 6) is 0.193. The molecule has 0 saturated carbocycles. The van der Waals surface area contributed by atoms with Gasteiger partial charge in [-0.15, -0.1) is 0 Å². The standard InChI is InChI=1S/C17H12ClNO/c18-11-5-6-13-15(9-19-16(13)8-11)17(20)14-7-10-3-1-2-4-12(10)14/h1-6,8-9,14,19H,7H2. The Morgan fingerprint density at radius 2 is 2.05 bits per heavy atom. The maximum atomic E-state index is 12.7. The summed E-state index contributed by atoms with van der Waals surface area (Å²) in [6.07, 6.45) is 2.64. The van der Waals surface area contributed by atoms with Crippen LogP contribution in [0.3, 0.4) is 0 Å². The molecule has 1 N–H and O–H groups in total. The molecule has 0 aliphatic heterocycles. The van der Waals surface area contributed by atoms with Gasteiger partial charge in [0.05, 0.1) is 5.92 Å². The molecule has 2 aromatic carbocycles. The van der Waals surface area contributed by atoms with Crippen LogP contribution in [0.4, 0.5) is 0 Å². The zero-order valence-corrected chi connectivity index (χ0v) is 11.4. The maximum Gasteiger partial charge on any atom is 0.172 e. The fourth-order valence-corrected chi connectivity index (χ4v) is 3.15. The van der Waals surface area contributed by atoms with Gasteiger partial charge in [0.15, 0.2) is 5.78 Å². The van der Waals surface area contributed by atoms with E-state index in [0.717, 1.165) is 22.9 Å². The Hall–Kier alpha value is -2.06. The second-order valence-electron chi connectivity index (χ2n) is 5.21. The van der Waals surface area contributed by atoms with Crippen LogP contribution in [0, 0.1) is 0 Å². The Kier molecular flexibility index (Phi) is 2.48. The number of hydrogen-bond donors (Lipinski definition) is 1. The predicted molar refractivity (Wildman–Crippen MR) is 80.5 cm³/mol. The zero-order valence-electron chi connectivity index (χ0n) is 10.7. The molecule has 0 radical (unpaired) electrons. The highest BCUT2D eigenvalue weighted by Crippen LogP contribution is 2.38. The smallest absolute Gasteiger partial charge is 0.172 e. The molecule has 4 rings (SSSR count). The summed E-state index contributed by atoms with van der Waals surface area (Å²) < 4.78 is 0. The van der Waals surface area contributed by atoms with Crippen molar-refractivity contribution < 1.29 is 4.79 Å². The van der Waals surface area contributed by atoms with Crippen LogP contribution in [-0.4, -0.2) is 10.8 Å². The molecule has 3 aromatic rings. The average molecular weight is 282 g/mol. The Morgan fingerprint density at radius 3 is 2.90 bits per heavy atom. The fraction of sp³-hybridized carbons (Fsp3) is 0.118. The van der Waals surface area contributed by atoms with Crippen molar-refractivity contribution in [2.24, 2.45) is 0 Å². The number of hydrogen-bond acceptors (Lipinski definition) is 1. The average Bonchev–Trinajstić information content (AvgIpc) is 2.83. The number of H-pyrrole nitrogens is 1. The highest BCUT2D eigenvalue weighted by molar-refractivity contribution is 6.31. The molecular formula is C17H12ClNO. The normalized spacial score (nSPS) is 16.8. The third-order valence-electron chi connectivity index (χ3n) is 4.08. The third kappa shape index (κ3) is 1.61. The molecule has 0 bridgehead atoms. The summed E-state index contributed by atoms with van der Waals surface area (Å²) in [6.45, 7) is 0. The van der Waals surface area contributed by atoms with Gasteiger partial charge in [-0.2, -0.15) is 0 Å². The summed E-state index contributed by atoms with van der Waals surface area (Å²) in [6, 6.07) is 13.7. The van der Waals surface area contributed by atoms with Crippen molar-refractivity contribution in [3.8, 4) is 0 Å². The summed E-state index contributed by atoms with van der Waals surface area (Å²) in [7, 11) is 0. The highest BCUT2D eigenvalue weighted by atomic mass is 35.5. The molecule has 2 nitrogen and oxygen atoms in total. The van der Waals surface area contributed by atoms with E-state index in [1.807, 2.05) is 36.4 Å². The minimum Gasteiger partial charge on any atom is -0.360 e. The molecule has 1 aliphatic rings. The first-order chi connectivity index (χ1) is 9.74. The van der Waals surface area contributed by atoms with Crippen LogP contribution in [0.1, 0.15) is 27.4 Å². The second-order valence-corrected chi connectivity index (χ2v) is 5.65. The van der Waals surface area contributed by atoms with Gasteiger partial charge in [0.1, 0.15) is 0 Å². The highest BCUT2D eigenvalue weighted by Gasteiger charge is 2.33. The second kappa shape index (κ2) is 4.22. The SMILES string of the molecule is O=C(c1c[nH]c2cc(Cl)ccc12)C1Cc2ccccc21. The molecule has 0 spiro atoms. The van der Waals surface area contributed by atoms with Crippen LogP contribution >= 0.6 is 11.6 Å². The summed E-state index contributed by atoms with van der Waals surface area (Å²) in [5, 5.41) is 1.62. The van der Waals surface area contributed by atoms with Crippen LogP contribution in [0.5, 0.6) is 0 Å². The molecule has 0 amide bonds. The number of fused-ring (bicyclic) bond motifs is 2. The molecular weight excluding hydrogens is 270 g/mol. The van der Waals surface area contributed by atoms with Crippen molar-refractivity contribution >= 4 is 28.3 Å². The van der Waals surface area contributed by atoms with Crippen molar-refractivity contribution in [1.29, 1.82) is 0 Å². The van der Waals surface area contributed by atoms with Gasteiger partial charge in [-0.05, 0) is 29.7 Å². The van der Waals surface area contributed by atoms with E-state index in [0.29, 0.717) is 5.02 Å². The fourth-order valence-electron chi connectivity index (χ4n) is 2.98. The minimum atomic E-state index is 0.000813. The third-order valence-corrected chi connectivity index (χ3v) is 4.32. The summed E-state index contributed by atoms with van der Waals surface area (Å²) in [4.78, 5) is 15.8. The lowest BCUT2D eigenvalue weighted by molar-refractivity contribution is 0.0950. The number of rotatable bonds is 2. The number of benzene rings is 2. The number of Topliss-reactive ketones (excluding diaryl/α,β-unsaturated/α-hetero) is 1. The van der Waals surface area contributed by atoms with Gasteiger partial charge in [-0.25, -0.2) is 0 Å². The number of aromatic amines is 1. The molecule has 98 valence electrons. The minimum absolute atomic E-state index is 0.000813. The van der Waals surface area contributed by atoms with Crippen molar-refractivity contribution in [3.63, 3.8) is 0 Å². The van der Waals surface area contributed by atoms with Gasteiger partial charge in [0, 0.05) is 27.7 Å². The van der Waals surface area contributed by atoms with Gasteiger partial charge in [0.25, 0.3) is 0 Å². The monoisotopic (exact) mass is 281 g/mol. The lowest BCUT2D eigenvalue weighted by Crippen LogP contribution is -2.25. The Morgan fingerprint density at radius 1 is 1.20 bits per heavy atom. The number of ketones is 1. The van der Waals surface area contributed by atoms with E-state index in [1.165, 1.54) is 11.1 Å². The Balaban J connectivity index is 1.76. The molecule has 1 aromatic heterocycles. The van der Waals surface area contributed by atoms with Crippen molar-refractivity contribution in [2.75, 3.05) is 0 Å². The Labute approximate surface area is 121 Å². The van der Waals surface area contributed by atoms with Gasteiger partial charge in [-0.1, -0.05) is 41.9 Å². The van der Waals surface area contributed by atoms with Gasteiger partial charge >= 0.3 is 0 Å². The molecule has 0 saturated heterocycles. The van der Waals surface area contributed by atoms with E-state index >= 15 is 0 Å². The van der Waals surface area contributed by atoms with Gasteiger partial charge in [-0.3, -0.25) is 4.79 Å². The zero-order chi connectivity index (χ0) is 13.7. The molecule has 20 heavy (non-hydrogen) atoms. The molecule has 1 atom stereocenters. The summed E-state index contributed by atoms with van der Waals surface area (Å²) in [5.41, 5.74) is 4.12. The first kappa shape index (κ1) is 11.7. The molecule has 3 heteroatoms. The maximum absolute atomic E-state index is 12.7. The van der Waals surface area contributed by atoms with E-state index in [-0.39, 0.29) is 11.7 Å². The number of halogens is 1. The lowest BCUT2D eigenvalue weighted by Gasteiger charge is -2.28. The van der Waals surface area contributed by atoms with Gasteiger partial charge < -0.3 is 4.98 Å². The Bertz CT molecular complexity index is 834. The largest absolute Gasteiger partial charge is 0.360 e. The van der Waals surface area contributed by atoms with Crippen molar-refractivity contribution in [1.82, 2.24) is 4.98 Å². The van der Waals surface area contributed by atoms with E-state index in [1.54, 1.807) is 6.20 Å². The van der Waals surface area contributed by atoms with Gasteiger partial charge in [0.2, 0.25) is 0 Å². The van der Waals surface area contributed by atoms with E-state index in [4.69, 9.17) is 11.6 Å². The van der Waals surface area contributed by atoms with Crippen molar-refractivity contribution in [2.45, 2.75) is 12.3 Å². The van der Waals surface area contributed by atoms with Crippen LogP contribution < -0.4 is 0 Å². The number of carbonyl (C=O) groups is 1. The van der Waals surface area contributed by atoms with E-state index in [9.17, 15) is 4.79 Å². The number of nitrogens with one attached hydrogen (secondary N) is 1. The lowest BCUT2D eigenvalue weighted by atomic mass is 9.74. The van der Waals surface area contributed by atoms with E-state index in [2.05, 4.69) is 11.1 Å². The quantitative estimate of drug-likeness (QED) is 0.696. The van der Waals surface area contributed by atoms with Crippen LogP contribution in [0.25, 0.3) is 10.9 Å². The van der Waals surface area contributed by atoms with Crippen molar-refractivity contribution in [3.05, 3.63) is 70.4 Å². The molecule has 1 heterocycles. The predicted octanol–water partition coefficient (Wildman–Crippen LogP) is 4.34. The van der Waals surface area contributed by atoms with E-state index < -0.39 is 0 Å². The molecule has 1 unspecified atom stereocenters. The summed E-state index contributed by atoms with van der Waals surface area (Å²) >= 11 is 5.97.